The Balaban J connectivity index is 2.85. The zero-order chi connectivity index (χ0) is 12.3. The number of benzene rings is 1. The van der Waals surface area contributed by atoms with Crippen molar-refractivity contribution in [2.45, 2.75) is 32.7 Å². The van der Waals surface area contributed by atoms with Gasteiger partial charge in [-0.05, 0) is 38.5 Å². The van der Waals surface area contributed by atoms with E-state index in [0.717, 1.165) is 5.56 Å². The summed E-state index contributed by atoms with van der Waals surface area (Å²) in [5.41, 5.74) is 6.63. The van der Waals surface area contributed by atoms with Gasteiger partial charge in [-0.15, -0.1) is 0 Å². The summed E-state index contributed by atoms with van der Waals surface area (Å²) in [7, 11) is 0. The number of hydrogen-bond donors (Lipinski definition) is 1. The lowest BCUT2D eigenvalue weighted by molar-refractivity contribution is 0.581. The molecule has 16 heavy (non-hydrogen) atoms. The van der Waals surface area contributed by atoms with Crippen LogP contribution >= 0.6 is 23.2 Å². The molecule has 2 N–H and O–H groups in total. The Morgan fingerprint density at radius 2 is 1.94 bits per heavy atom. The molecule has 88 valence electrons. The third-order valence-corrected chi connectivity index (χ3v) is 2.45. The molecule has 0 heterocycles. The third-order valence-electron chi connectivity index (χ3n) is 1.87. The molecule has 0 amide bonds. The minimum atomic E-state index is -0.164. The van der Waals surface area contributed by atoms with Gasteiger partial charge in [-0.25, -0.2) is 0 Å². The van der Waals surface area contributed by atoms with Gasteiger partial charge in [0.15, 0.2) is 0 Å². The van der Waals surface area contributed by atoms with E-state index in [9.17, 15) is 0 Å². The van der Waals surface area contributed by atoms with E-state index in [4.69, 9.17) is 28.9 Å². The molecule has 0 aliphatic carbocycles. The zero-order valence-electron chi connectivity index (χ0n) is 9.72. The standard InChI is InChI=1S/C12H16Cl2N2/c1-12(2,3)16-11(15)6-8-4-5-9(13)7-10(8)14/h4-5,7H,6H2,1-3H3,(H2,15,16). The number of nitrogens with zero attached hydrogens (tertiary/aromatic N) is 1. The average molecular weight is 259 g/mol. The second-order valence-electron chi connectivity index (χ2n) is 4.69. The Kier molecular flexibility index (Phi) is 4.22. The minimum Gasteiger partial charge on any atom is -0.387 e. The van der Waals surface area contributed by atoms with Crippen LogP contribution in [0.2, 0.25) is 10.0 Å². The molecule has 0 unspecified atom stereocenters. The number of rotatable bonds is 2. The van der Waals surface area contributed by atoms with Crippen LogP contribution in [-0.4, -0.2) is 11.4 Å². The van der Waals surface area contributed by atoms with Gasteiger partial charge >= 0.3 is 0 Å². The van der Waals surface area contributed by atoms with Crippen molar-refractivity contribution in [2.24, 2.45) is 10.7 Å². The van der Waals surface area contributed by atoms with Crippen LogP contribution < -0.4 is 5.73 Å². The van der Waals surface area contributed by atoms with Gasteiger partial charge in [0.25, 0.3) is 0 Å². The summed E-state index contributed by atoms with van der Waals surface area (Å²) in [4.78, 5) is 4.37. The minimum absolute atomic E-state index is 0.164. The lowest BCUT2D eigenvalue weighted by atomic mass is 10.1. The molecule has 0 atom stereocenters. The highest BCUT2D eigenvalue weighted by molar-refractivity contribution is 6.35. The molecule has 2 nitrogen and oxygen atoms in total. The van der Waals surface area contributed by atoms with Crippen molar-refractivity contribution in [1.82, 2.24) is 0 Å². The molecule has 0 fully saturated rings. The van der Waals surface area contributed by atoms with Crippen molar-refractivity contribution in [1.29, 1.82) is 0 Å². The number of nitrogens with two attached hydrogens (primary N) is 1. The zero-order valence-corrected chi connectivity index (χ0v) is 11.2. The quantitative estimate of drug-likeness (QED) is 0.638. The van der Waals surface area contributed by atoms with Crippen LogP contribution in [0.15, 0.2) is 23.2 Å². The second-order valence-corrected chi connectivity index (χ2v) is 5.53. The van der Waals surface area contributed by atoms with Crippen molar-refractivity contribution in [2.75, 3.05) is 0 Å². The number of aliphatic imine (C=N–C) groups is 1. The average Bonchev–Trinajstić information content (AvgIpc) is 2.06. The molecule has 4 heteroatoms. The van der Waals surface area contributed by atoms with E-state index in [-0.39, 0.29) is 5.54 Å². The van der Waals surface area contributed by atoms with Gasteiger partial charge in [-0.2, -0.15) is 0 Å². The van der Waals surface area contributed by atoms with Gasteiger partial charge in [-0.3, -0.25) is 4.99 Å². The molecule has 0 bridgehead atoms. The fourth-order valence-electron chi connectivity index (χ4n) is 1.33. The van der Waals surface area contributed by atoms with Crippen LogP contribution in [0.3, 0.4) is 0 Å². The molecule has 1 aromatic carbocycles. The maximum atomic E-state index is 6.05. The van der Waals surface area contributed by atoms with E-state index in [1.54, 1.807) is 12.1 Å². The Morgan fingerprint density at radius 3 is 2.44 bits per heavy atom. The molecular weight excluding hydrogens is 243 g/mol. The Bertz CT molecular complexity index is 406. The van der Waals surface area contributed by atoms with Crippen molar-refractivity contribution in [3.8, 4) is 0 Å². The predicted molar refractivity (Wildman–Crippen MR) is 71.5 cm³/mol. The maximum Gasteiger partial charge on any atom is 0.0988 e. The predicted octanol–water partition coefficient (Wildman–Crippen LogP) is 3.69. The fraction of sp³-hybridized carbons (Fsp3) is 0.417. The van der Waals surface area contributed by atoms with E-state index in [2.05, 4.69) is 4.99 Å². The molecule has 0 saturated heterocycles. The molecule has 0 spiro atoms. The molecule has 0 aromatic heterocycles. The van der Waals surface area contributed by atoms with Gasteiger partial charge in [0.05, 0.1) is 11.4 Å². The summed E-state index contributed by atoms with van der Waals surface area (Å²) in [6.45, 7) is 6.01. The van der Waals surface area contributed by atoms with Crippen LogP contribution in [0.25, 0.3) is 0 Å². The van der Waals surface area contributed by atoms with Crippen LogP contribution in [0.1, 0.15) is 26.3 Å². The SMILES string of the molecule is CC(C)(C)N=C(N)Cc1ccc(Cl)cc1Cl. The Morgan fingerprint density at radius 1 is 1.31 bits per heavy atom. The normalized spacial score (nSPS) is 12.9. The third kappa shape index (κ3) is 4.42. The first kappa shape index (κ1) is 13.3. The number of amidine groups is 1. The van der Waals surface area contributed by atoms with Crippen molar-refractivity contribution in [3.63, 3.8) is 0 Å². The van der Waals surface area contributed by atoms with Crippen molar-refractivity contribution >= 4 is 29.0 Å². The van der Waals surface area contributed by atoms with Gasteiger partial charge in [0.1, 0.15) is 0 Å². The van der Waals surface area contributed by atoms with Crippen LogP contribution in [0, 0.1) is 0 Å². The Hall–Kier alpha value is -0.730. The molecular formula is C12H16Cl2N2. The number of halogens is 2. The molecule has 0 aliphatic rings. The van der Waals surface area contributed by atoms with E-state index in [1.807, 2.05) is 26.8 Å². The molecule has 0 aliphatic heterocycles. The van der Waals surface area contributed by atoms with Gasteiger partial charge < -0.3 is 5.73 Å². The molecule has 1 rings (SSSR count). The highest BCUT2D eigenvalue weighted by Gasteiger charge is 2.09. The van der Waals surface area contributed by atoms with E-state index >= 15 is 0 Å². The maximum absolute atomic E-state index is 6.05. The lowest BCUT2D eigenvalue weighted by Crippen LogP contribution is -2.22. The molecule has 1 aromatic rings. The van der Waals surface area contributed by atoms with Crippen LogP contribution in [0.5, 0.6) is 0 Å². The van der Waals surface area contributed by atoms with Gasteiger partial charge in [-0.1, -0.05) is 29.3 Å². The first-order valence-electron chi connectivity index (χ1n) is 5.06. The summed E-state index contributed by atoms with van der Waals surface area (Å²) in [5, 5.41) is 1.25. The van der Waals surface area contributed by atoms with Crippen molar-refractivity contribution < 1.29 is 0 Å². The summed E-state index contributed by atoms with van der Waals surface area (Å²) in [6, 6.07) is 5.38. The van der Waals surface area contributed by atoms with E-state index in [0.29, 0.717) is 22.3 Å². The smallest absolute Gasteiger partial charge is 0.0988 e. The first-order chi connectivity index (χ1) is 7.28. The van der Waals surface area contributed by atoms with E-state index in [1.165, 1.54) is 0 Å². The monoisotopic (exact) mass is 258 g/mol. The summed E-state index contributed by atoms with van der Waals surface area (Å²) >= 11 is 11.9. The lowest BCUT2D eigenvalue weighted by Gasteiger charge is -2.14. The fourth-order valence-corrected chi connectivity index (χ4v) is 1.81. The van der Waals surface area contributed by atoms with Gasteiger partial charge in [0, 0.05) is 16.5 Å². The summed E-state index contributed by atoms with van der Waals surface area (Å²) < 4.78 is 0. The first-order valence-corrected chi connectivity index (χ1v) is 5.81. The van der Waals surface area contributed by atoms with E-state index < -0.39 is 0 Å². The summed E-state index contributed by atoms with van der Waals surface area (Å²) in [5.74, 6) is 0.580. The Labute approximate surface area is 106 Å². The van der Waals surface area contributed by atoms with Gasteiger partial charge in [0.2, 0.25) is 0 Å². The molecule has 0 saturated carbocycles. The number of hydrogen-bond acceptors (Lipinski definition) is 1. The topological polar surface area (TPSA) is 38.4 Å². The molecule has 0 radical (unpaired) electrons. The summed E-state index contributed by atoms with van der Waals surface area (Å²) in [6.07, 6.45) is 0.549. The highest BCUT2D eigenvalue weighted by atomic mass is 35.5. The second kappa shape index (κ2) is 5.07. The largest absolute Gasteiger partial charge is 0.387 e. The highest BCUT2D eigenvalue weighted by Crippen LogP contribution is 2.21. The van der Waals surface area contributed by atoms with Crippen molar-refractivity contribution in [3.05, 3.63) is 33.8 Å². The van der Waals surface area contributed by atoms with Crippen LogP contribution in [-0.2, 0) is 6.42 Å². The van der Waals surface area contributed by atoms with Crippen LogP contribution in [0.4, 0.5) is 0 Å².